The van der Waals surface area contributed by atoms with E-state index in [4.69, 9.17) is 0 Å². The molecule has 0 unspecified atom stereocenters. The predicted octanol–water partition coefficient (Wildman–Crippen LogP) is 3.86. The summed E-state index contributed by atoms with van der Waals surface area (Å²) in [4.78, 5) is 4.60. The first-order chi connectivity index (χ1) is 8.13. The Balaban J connectivity index is 2.21. The van der Waals surface area contributed by atoms with Gasteiger partial charge in [0.15, 0.2) is 0 Å². The minimum absolute atomic E-state index is 0.920. The monoisotopic (exact) mass is 307 g/mol. The van der Waals surface area contributed by atoms with E-state index in [1.165, 1.54) is 4.70 Å². The average molecular weight is 308 g/mol. The van der Waals surface area contributed by atoms with Gasteiger partial charge in [0.1, 0.15) is 0 Å². The standard InChI is InChI=1S/C12H10BrN3S/c1-7-5-8(2)16(15-7)12-14-10-4-3-9(13)6-11(10)17-12/h3-6H,1-2H3. The van der Waals surface area contributed by atoms with E-state index in [1.54, 1.807) is 11.3 Å². The molecule has 2 aromatic heterocycles. The van der Waals surface area contributed by atoms with Crippen molar-refractivity contribution in [3.05, 3.63) is 40.1 Å². The SMILES string of the molecule is Cc1cc(C)n(-c2nc3ccc(Br)cc3s2)n1. The first-order valence-electron chi connectivity index (χ1n) is 5.23. The van der Waals surface area contributed by atoms with Crippen LogP contribution in [0.2, 0.25) is 0 Å². The summed E-state index contributed by atoms with van der Waals surface area (Å²) < 4.78 is 4.14. The quantitative estimate of drug-likeness (QED) is 0.683. The zero-order valence-electron chi connectivity index (χ0n) is 9.44. The molecule has 0 amide bonds. The van der Waals surface area contributed by atoms with E-state index in [9.17, 15) is 0 Å². The molecule has 86 valence electrons. The molecule has 0 saturated heterocycles. The Morgan fingerprint density at radius 3 is 2.76 bits per heavy atom. The van der Waals surface area contributed by atoms with E-state index in [0.717, 1.165) is 26.5 Å². The van der Waals surface area contributed by atoms with E-state index in [-0.39, 0.29) is 0 Å². The van der Waals surface area contributed by atoms with E-state index in [1.807, 2.05) is 30.7 Å². The highest BCUT2D eigenvalue weighted by atomic mass is 79.9. The van der Waals surface area contributed by atoms with Crippen molar-refractivity contribution in [2.75, 3.05) is 0 Å². The van der Waals surface area contributed by atoms with Crippen molar-refractivity contribution in [1.29, 1.82) is 0 Å². The lowest BCUT2D eigenvalue weighted by molar-refractivity contribution is 0.828. The molecule has 3 nitrogen and oxygen atoms in total. The van der Waals surface area contributed by atoms with E-state index in [2.05, 4.69) is 38.1 Å². The van der Waals surface area contributed by atoms with Gasteiger partial charge in [0.05, 0.1) is 15.9 Å². The van der Waals surface area contributed by atoms with Crippen molar-refractivity contribution < 1.29 is 0 Å². The summed E-state index contributed by atoms with van der Waals surface area (Å²) in [5.74, 6) is 0. The number of rotatable bonds is 1. The minimum atomic E-state index is 0.920. The van der Waals surface area contributed by atoms with Crippen molar-refractivity contribution in [3.8, 4) is 5.13 Å². The predicted molar refractivity (Wildman–Crippen MR) is 73.9 cm³/mol. The highest BCUT2D eigenvalue weighted by molar-refractivity contribution is 9.10. The summed E-state index contributed by atoms with van der Waals surface area (Å²) in [6.45, 7) is 4.04. The van der Waals surface area contributed by atoms with Gasteiger partial charge in [-0.15, -0.1) is 0 Å². The highest BCUT2D eigenvalue weighted by Gasteiger charge is 2.09. The first kappa shape index (κ1) is 10.9. The van der Waals surface area contributed by atoms with Crippen molar-refractivity contribution in [3.63, 3.8) is 0 Å². The van der Waals surface area contributed by atoms with Crippen LogP contribution in [0, 0.1) is 13.8 Å². The number of aryl methyl sites for hydroxylation is 2. The van der Waals surface area contributed by atoms with Gasteiger partial charge in [0.2, 0.25) is 5.13 Å². The smallest absolute Gasteiger partial charge is 0.211 e. The third-order valence-electron chi connectivity index (χ3n) is 2.53. The van der Waals surface area contributed by atoms with E-state index < -0.39 is 0 Å². The van der Waals surface area contributed by atoms with Gasteiger partial charge < -0.3 is 0 Å². The van der Waals surface area contributed by atoms with Crippen molar-refractivity contribution in [2.45, 2.75) is 13.8 Å². The maximum absolute atomic E-state index is 4.60. The molecule has 2 heterocycles. The van der Waals surface area contributed by atoms with Crippen LogP contribution in [0.3, 0.4) is 0 Å². The minimum Gasteiger partial charge on any atom is -0.218 e. The average Bonchev–Trinajstić information content (AvgIpc) is 2.80. The number of thiazole rings is 1. The van der Waals surface area contributed by atoms with Crippen LogP contribution in [-0.4, -0.2) is 14.8 Å². The van der Waals surface area contributed by atoms with Crippen LogP contribution in [-0.2, 0) is 0 Å². The molecule has 0 aliphatic rings. The molecule has 17 heavy (non-hydrogen) atoms. The lowest BCUT2D eigenvalue weighted by Gasteiger charge is -1.96. The van der Waals surface area contributed by atoms with Crippen molar-refractivity contribution in [1.82, 2.24) is 14.8 Å². The first-order valence-corrected chi connectivity index (χ1v) is 6.84. The molecule has 0 spiro atoms. The zero-order chi connectivity index (χ0) is 12.0. The molecule has 5 heteroatoms. The Morgan fingerprint density at radius 1 is 1.24 bits per heavy atom. The van der Waals surface area contributed by atoms with Gasteiger partial charge in [-0.25, -0.2) is 9.67 Å². The fourth-order valence-electron chi connectivity index (χ4n) is 1.80. The van der Waals surface area contributed by atoms with Crippen molar-refractivity contribution >= 4 is 37.5 Å². The summed E-state index contributed by atoms with van der Waals surface area (Å²) in [6, 6.07) is 8.17. The molecule has 3 rings (SSSR count). The highest BCUT2D eigenvalue weighted by Crippen LogP contribution is 2.28. The lowest BCUT2D eigenvalue weighted by atomic mass is 10.3. The van der Waals surface area contributed by atoms with Gasteiger partial charge in [0, 0.05) is 10.2 Å². The van der Waals surface area contributed by atoms with Gasteiger partial charge in [-0.3, -0.25) is 0 Å². The number of halogens is 1. The van der Waals surface area contributed by atoms with Crippen LogP contribution in [0.5, 0.6) is 0 Å². The maximum atomic E-state index is 4.60. The molecular weight excluding hydrogens is 298 g/mol. The third-order valence-corrected chi connectivity index (χ3v) is 4.02. The van der Waals surface area contributed by atoms with Crippen LogP contribution in [0.15, 0.2) is 28.7 Å². The van der Waals surface area contributed by atoms with Gasteiger partial charge in [0.25, 0.3) is 0 Å². The molecule has 0 aliphatic carbocycles. The number of hydrogen-bond donors (Lipinski definition) is 0. The Labute approximate surface area is 111 Å². The van der Waals surface area contributed by atoms with Crippen molar-refractivity contribution in [2.24, 2.45) is 0 Å². The lowest BCUT2D eigenvalue weighted by Crippen LogP contribution is -1.97. The number of nitrogens with zero attached hydrogens (tertiary/aromatic N) is 3. The summed E-state index contributed by atoms with van der Waals surface area (Å²) in [5.41, 5.74) is 3.14. The third kappa shape index (κ3) is 1.89. The molecule has 0 radical (unpaired) electrons. The summed E-state index contributed by atoms with van der Waals surface area (Å²) >= 11 is 5.12. The summed E-state index contributed by atoms with van der Waals surface area (Å²) in [6.07, 6.45) is 0. The van der Waals surface area contributed by atoms with Crippen LogP contribution >= 0.6 is 27.3 Å². The maximum Gasteiger partial charge on any atom is 0.211 e. The fourth-order valence-corrected chi connectivity index (χ4v) is 3.33. The second-order valence-corrected chi connectivity index (χ2v) is 5.87. The van der Waals surface area contributed by atoms with Crippen LogP contribution in [0.4, 0.5) is 0 Å². The molecule has 0 saturated carbocycles. The molecular formula is C12H10BrN3S. The number of fused-ring (bicyclic) bond motifs is 1. The zero-order valence-corrected chi connectivity index (χ0v) is 11.8. The summed E-state index contributed by atoms with van der Waals surface area (Å²) in [5, 5.41) is 5.37. The van der Waals surface area contributed by atoms with Gasteiger partial charge in [-0.2, -0.15) is 5.10 Å². The largest absolute Gasteiger partial charge is 0.218 e. The van der Waals surface area contributed by atoms with E-state index in [0.29, 0.717) is 0 Å². The Kier molecular flexibility index (Phi) is 2.52. The normalized spacial score (nSPS) is 11.2. The molecule has 1 aromatic carbocycles. The molecule has 0 fully saturated rings. The molecule has 0 bridgehead atoms. The Hall–Kier alpha value is -1.20. The second kappa shape index (κ2) is 3.92. The van der Waals surface area contributed by atoms with Crippen LogP contribution in [0.1, 0.15) is 11.4 Å². The molecule has 0 N–H and O–H groups in total. The molecule has 0 aliphatic heterocycles. The van der Waals surface area contributed by atoms with Crippen LogP contribution in [0.25, 0.3) is 15.3 Å². The molecule has 3 aromatic rings. The fraction of sp³-hybridized carbons (Fsp3) is 0.167. The second-order valence-electron chi connectivity index (χ2n) is 3.95. The number of hydrogen-bond acceptors (Lipinski definition) is 3. The topological polar surface area (TPSA) is 30.7 Å². The van der Waals surface area contributed by atoms with Crippen LogP contribution < -0.4 is 0 Å². The Morgan fingerprint density at radius 2 is 2.06 bits per heavy atom. The number of aromatic nitrogens is 3. The Bertz CT molecular complexity index is 699. The number of benzene rings is 1. The summed E-state index contributed by atoms with van der Waals surface area (Å²) in [7, 11) is 0. The van der Waals surface area contributed by atoms with Gasteiger partial charge in [-0.1, -0.05) is 27.3 Å². The van der Waals surface area contributed by atoms with E-state index >= 15 is 0 Å². The van der Waals surface area contributed by atoms with Gasteiger partial charge >= 0.3 is 0 Å². The van der Waals surface area contributed by atoms with Gasteiger partial charge in [-0.05, 0) is 38.1 Å². The molecule has 0 atom stereocenters.